The minimum Gasteiger partial charge on any atom is -0.372 e. The number of nitrogens with zero attached hydrogens (tertiary/aromatic N) is 2. The van der Waals surface area contributed by atoms with Crippen LogP contribution in [0.2, 0.25) is 0 Å². The highest BCUT2D eigenvalue weighted by atomic mass is 16.5. The van der Waals surface area contributed by atoms with Crippen LogP contribution in [0.15, 0.2) is 28.8 Å². The van der Waals surface area contributed by atoms with E-state index in [1.807, 2.05) is 23.1 Å². The molecule has 7 nitrogen and oxygen atoms in total. The normalized spacial score (nSPS) is 17.2. The van der Waals surface area contributed by atoms with Gasteiger partial charge in [0.15, 0.2) is 5.69 Å². The predicted octanol–water partition coefficient (Wildman–Crippen LogP) is 2.05. The number of fused-ring (bicyclic) bond motifs is 1. The molecule has 0 saturated carbocycles. The maximum atomic E-state index is 12.7. The molecule has 2 aliphatic rings. The number of hydrogen-bond donors (Lipinski definition) is 1. The minimum atomic E-state index is -0.231. The molecular weight excluding hydrogens is 334 g/mol. The van der Waals surface area contributed by atoms with Gasteiger partial charge < -0.3 is 19.5 Å². The average Bonchev–Trinajstić information content (AvgIpc) is 3.29. The van der Waals surface area contributed by atoms with E-state index < -0.39 is 0 Å². The van der Waals surface area contributed by atoms with Crippen LogP contribution in [0.25, 0.3) is 0 Å². The molecule has 0 spiro atoms. The van der Waals surface area contributed by atoms with Gasteiger partial charge >= 0.3 is 0 Å². The average molecular weight is 355 g/mol. The molecule has 4 rings (SSSR count). The van der Waals surface area contributed by atoms with Crippen LogP contribution in [0, 0.1) is 6.92 Å². The summed E-state index contributed by atoms with van der Waals surface area (Å²) in [5.74, 6) is 0.414. The van der Waals surface area contributed by atoms with E-state index in [1.165, 1.54) is 0 Å². The van der Waals surface area contributed by atoms with Crippen LogP contribution in [-0.4, -0.2) is 41.0 Å². The van der Waals surface area contributed by atoms with Crippen molar-refractivity contribution in [1.29, 1.82) is 0 Å². The molecule has 26 heavy (non-hydrogen) atoms. The summed E-state index contributed by atoms with van der Waals surface area (Å²) in [6.07, 6.45) is 1.45. The fourth-order valence-electron chi connectivity index (χ4n) is 3.45. The van der Waals surface area contributed by atoms with E-state index in [9.17, 15) is 9.59 Å². The molecule has 0 bridgehead atoms. The lowest BCUT2D eigenvalue weighted by molar-refractivity contribution is 0.0697. The van der Waals surface area contributed by atoms with Crippen LogP contribution in [0.1, 0.15) is 50.6 Å². The van der Waals surface area contributed by atoms with E-state index in [4.69, 9.17) is 9.26 Å². The number of aromatic nitrogens is 1. The zero-order valence-corrected chi connectivity index (χ0v) is 14.7. The van der Waals surface area contributed by atoms with E-state index in [2.05, 4.69) is 10.5 Å². The van der Waals surface area contributed by atoms with Crippen LogP contribution >= 0.6 is 0 Å². The van der Waals surface area contributed by atoms with Gasteiger partial charge in [0.2, 0.25) is 0 Å². The summed E-state index contributed by atoms with van der Waals surface area (Å²) in [6, 6.07) is 7.44. The van der Waals surface area contributed by atoms with E-state index in [0.717, 1.165) is 24.0 Å². The summed E-state index contributed by atoms with van der Waals surface area (Å²) in [7, 11) is 0. The van der Waals surface area contributed by atoms with Crippen molar-refractivity contribution in [3.8, 4) is 0 Å². The van der Waals surface area contributed by atoms with Gasteiger partial charge in [-0.05, 0) is 43.0 Å². The fourth-order valence-corrected chi connectivity index (χ4v) is 3.45. The third-order valence-corrected chi connectivity index (χ3v) is 4.95. The highest BCUT2D eigenvalue weighted by Crippen LogP contribution is 2.22. The number of carbonyl (C=O) groups excluding carboxylic acids is 2. The molecule has 2 aliphatic heterocycles. The number of aryl methyl sites for hydroxylation is 1. The summed E-state index contributed by atoms with van der Waals surface area (Å²) in [6.45, 7) is 4.19. The first kappa shape index (κ1) is 16.8. The number of ether oxygens (including phenoxy) is 1. The second-order valence-electron chi connectivity index (χ2n) is 6.84. The molecule has 0 aliphatic carbocycles. The number of rotatable bonds is 3. The minimum absolute atomic E-state index is 0.0385. The molecule has 1 N–H and O–H groups in total. The summed E-state index contributed by atoms with van der Waals surface area (Å²) in [4.78, 5) is 26.7. The third kappa shape index (κ3) is 3.35. The van der Waals surface area contributed by atoms with E-state index in [-0.39, 0.29) is 17.9 Å². The molecule has 136 valence electrons. The zero-order valence-electron chi connectivity index (χ0n) is 14.7. The summed E-state index contributed by atoms with van der Waals surface area (Å²) in [5.41, 5.74) is 3.25. The molecule has 1 fully saturated rings. The van der Waals surface area contributed by atoms with Gasteiger partial charge in [0.25, 0.3) is 11.8 Å². The van der Waals surface area contributed by atoms with Gasteiger partial charge in [-0.15, -0.1) is 0 Å². The molecule has 1 aromatic heterocycles. The first-order valence-corrected chi connectivity index (χ1v) is 8.83. The lowest BCUT2D eigenvalue weighted by Crippen LogP contribution is -2.46. The Bertz CT molecular complexity index is 837. The molecule has 2 aromatic rings. The quantitative estimate of drug-likeness (QED) is 0.911. The van der Waals surface area contributed by atoms with Crippen molar-refractivity contribution < 1.29 is 18.8 Å². The highest BCUT2D eigenvalue weighted by Gasteiger charge is 2.26. The van der Waals surface area contributed by atoms with Crippen molar-refractivity contribution in [3.63, 3.8) is 0 Å². The molecule has 0 unspecified atom stereocenters. The first-order chi connectivity index (χ1) is 12.6. The summed E-state index contributed by atoms with van der Waals surface area (Å²) in [5, 5.41) is 6.70. The molecule has 7 heteroatoms. The number of carbonyl (C=O) groups is 2. The van der Waals surface area contributed by atoms with Crippen LogP contribution in [-0.2, 0) is 18.0 Å². The van der Waals surface area contributed by atoms with Crippen molar-refractivity contribution in [1.82, 2.24) is 15.4 Å². The van der Waals surface area contributed by atoms with Gasteiger partial charge in [0.1, 0.15) is 5.76 Å². The van der Waals surface area contributed by atoms with Crippen LogP contribution in [0.5, 0.6) is 0 Å². The van der Waals surface area contributed by atoms with E-state index in [0.29, 0.717) is 43.3 Å². The van der Waals surface area contributed by atoms with Gasteiger partial charge in [-0.2, -0.15) is 0 Å². The van der Waals surface area contributed by atoms with Crippen LogP contribution in [0.4, 0.5) is 0 Å². The van der Waals surface area contributed by atoms with Crippen molar-refractivity contribution in [2.45, 2.75) is 39.0 Å². The van der Waals surface area contributed by atoms with Gasteiger partial charge in [-0.25, -0.2) is 0 Å². The number of benzene rings is 1. The largest absolute Gasteiger partial charge is 0.372 e. The Morgan fingerprint density at radius 2 is 1.92 bits per heavy atom. The second kappa shape index (κ2) is 6.92. The Morgan fingerprint density at radius 3 is 2.65 bits per heavy atom. The van der Waals surface area contributed by atoms with Gasteiger partial charge in [-0.1, -0.05) is 11.2 Å². The lowest BCUT2D eigenvalue weighted by Gasteiger charge is -2.32. The third-order valence-electron chi connectivity index (χ3n) is 4.95. The molecule has 0 atom stereocenters. The number of likely N-dealkylation sites (tertiary alicyclic amines) is 1. The van der Waals surface area contributed by atoms with E-state index in [1.54, 1.807) is 13.0 Å². The van der Waals surface area contributed by atoms with Crippen molar-refractivity contribution in [2.75, 3.05) is 13.1 Å². The van der Waals surface area contributed by atoms with Gasteiger partial charge in [0.05, 0.1) is 13.2 Å². The fraction of sp³-hybridized carbons (Fsp3) is 0.421. The standard InChI is InChI=1S/C19H21N3O4/c1-12-8-17(21-26-12)18(23)20-16-4-6-22(7-5-16)19(24)13-2-3-14-10-25-11-15(14)9-13/h2-3,8-9,16H,4-7,10-11H2,1H3,(H,20,23). The van der Waals surface area contributed by atoms with Gasteiger partial charge in [-0.3, -0.25) is 9.59 Å². The molecule has 0 radical (unpaired) electrons. The zero-order chi connectivity index (χ0) is 18.1. The van der Waals surface area contributed by atoms with Crippen molar-refractivity contribution in [3.05, 3.63) is 52.4 Å². The molecule has 1 saturated heterocycles. The maximum absolute atomic E-state index is 12.7. The first-order valence-electron chi connectivity index (χ1n) is 8.83. The van der Waals surface area contributed by atoms with E-state index >= 15 is 0 Å². The Labute approximate surface area is 151 Å². The smallest absolute Gasteiger partial charge is 0.273 e. The SMILES string of the molecule is Cc1cc(C(=O)NC2CCN(C(=O)c3ccc4c(c3)COC4)CC2)no1. The monoisotopic (exact) mass is 355 g/mol. The second-order valence-corrected chi connectivity index (χ2v) is 6.84. The van der Waals surface area contributed by atoms with Gasteiger partial charge in [0, 0.05) is 30.8 Å². The molecule has 3 heterocycles. The van der Waals surface area contributed by atoms with Crippen molar-refractivity contribution in [2.24, 2.45) is 0 Å². The maximum Gasteiger partial charge on any atom is 0.273 e. The topological polar surface area (TPSA) is 84.7 Å². The van der Waals surface area contributed by atoms with Crippen molar-refractivity contribution >= 4 is 11.8 Å². The Kier molecular flexibility index (Phi) is 4.46. The molecule has 2 amide bonds. The Morgan fingerprint density at radius 1 is 1.15 bits per heavy atom. The van der Waals surface area contributed by atoms with Crippen LogP contribution in [0.3, 0.4) is 0 Å². The molecule has 1 aromatic carbocycles. The van der Waals surface area contributed by atoms with Crippen LogP contribution < -0.4 is 5.32 Å². The highest BCUT2D eigenvalue weighted by molar-refractivity contribution is 5.95. The number of piperidine rings is 1. The lowest BCUT2D eigenvalue weighted by atomic mass is 10.0. The number of nitrogens with one attached hydrogen (secondary N) is 1. The summed E-state index contributed by atoms with van der Waals surface area (Å²) >= 11 is 0. The number of amides is 2. The molecular formula is C19H21N3O4. The Balaban J connectivity index is 1.33. The summed E-state index contributed by atoms with van der Waals surface area (Å²) < 4.78 is 10.3. The Hall–Kier alpha value is -2.67. The predicted molar refractivity (Wildman–Crippen MR) is 92.6 cm³/mol. The number of hydrogen-bond acceptors (Lipinski definition) is 5.